The fraction of sp³-hybridized carbons (Fsp3) is 0.429. The van der Waals surface area contributed by atoms with Crippen molar-refractivity contribution in [2.45, 2.75) is 37.8 Å². The minimum Gasteiger partial charge on any atom is -0.398 e. The molecule has 0 saturated heterocycles. The molecule has 1 heterocycles. The number of halogens is 3. The molecule has 3 rings (SSSR count). The molecule has 112 valence electrons. The lowest BCUT2D eigenvalue weighted by Crippen LogP contribution is -2.06. The van der Waals surface area contributed by atoms with Crippen molar-refractivity contribution in [3.63, 3.8) is 0 Å². The number of hydrogen-bond donors (Lipinski definition) is 2. The van der Waals surface area contributed by atoms with Crippen LogP contribution in [0.1, 0.15) is 43.0 Å². The van der Waals surface area contributed by atoms with Crippen LogP contribution >= 0.6 is 0 Å². The highest BCUT2D eigenvalue weighted by Crippen LogP contribution is 2.36. The molecule has 1 aromatic carbocycles. The smallest absolute Gasteiger partial charge is 0.398 e. The van der Waals surface area contributed by atoms with Crippen LogP contribution in [0.15, 0.2) is 18.2 Å². The van der Waals surface area contributed by atoms with Crippen LogP contribution in [0.25, 0.3) is 11.4 Å². The number of nitrogens with zero attached hydrogens (tertiary/aromatic N) is 2. The standard InChI is InChI=1S/C14H15F3N4/c15-14(16,17)9-5-6-11(18)10(7-9)13-19-12(20-21-13)8-3-1-2-4-8/h5-8H,1-4,18H2,(H,19,20,21). The van der Waals surface area contributed by atoms with E-state index >= 15 is 0 Å². The number of H-pyrrole nitrogens is 1. The SMILES string of the molecule is Nc1ccc(C(F)(F)F)cc1-c1n[nH]c(C2CCCC2)n1. The number of aromatic amines is 1. The summed E-state index contributed by atoms with van der Waals surface area (Å²) in [5.74, 6) is 1.28. The lowest BCUT2D eigenvalue weighted by atomic mass is 10.1. The molecule has 7 heteroatoms. The minimum atomic E-state index is -4.41. The zero-order valence-corrected chi connectivity index (χ0v) is 11.2. The van der Waals surface area contributed by atoms with Gasteiger partial charge < -0.3 is 5.73 Å². The van der Waals surface area contributed by atoms with Crippen molar-refractivity contribution >= 4 is 5.69 Å². The third kappa shape index (κ3) is 2.72. The highest BCUT2D eigenvalue weighted by Gasteiger charge is 2.31. The van der Waals surface area contributed by atoms with Crippen molar-refractivity contribution in [1.82, 2.24) is 15.2 Å². The summed E-state index contributed by atoms with van der Waals surface area (Å²) in [6.07, 6.45) is -0.0503. The molecule has 0 bridgehead atoms. The van der Waals surface area contributed by atoms with Crippen molar-refractivity contribution < 1.29 is 13.2 Å². The Morgan fingerprint density at radius 1 is 1.19 bits per heavy atom. The van der Waals surface area contributed by atoms with Crippen LogP contribution in [0, 0.1) is 0 Å². The zero-order chi connectivity index (χ0) is 15.0. The number of benzene rings is 1. The summed E-state index contributed by atoms with van der Waals surface area (Å²) in [5.41, 5.74) is 5.46. The van der Waals surface area contributed by atoms with Gasteiger partial charge in [-0.25, -0.2) is 4.98 Å². The molecule has 0 spiro atoms. The second-order valence-corrected chi connectivity index (χ2v) is 5.33. The Hall–Kier alpha value is -2.05. The lowest BCUT2D eigenvalue weighted by Gasteiger charge is -2.09. The molecule has 1 fully saturated rings. The fourth-order valence-corrected chi connectivity index (χ4v) is 2.70. The number of alkyl halides is 3. The number of nitrogens with two attached hydrogens (primary N) is 1. The summed E-state index contributed by atoms with van der Waals surface area (Å²) in [7, 11) is 0. The molecular formula is C14H15F3N4. The zero-order valence-electron chi connectivity index (χ0n) is 11.2. The molecule has 0 atom stereocenters. The summed E-state index contributed by atoms with van der Waals surface area (Å²) < 4.78 is 38.3. The van der Waals surface area contributed by atoms with Gasteiger partial charge in [-0.3, -0.25) is 5.10 Å². The number of nitrogens with one attached hydrogen (secondary N) is 1. The van der Waals surface area contributed by atoms with Crippen molar-refractivity contribution in [2.24, 2.45) is 0 Å². The number of nitrogen functional groups attached to an aromatic ring is 1. The van der Waals surface area contributed by atoms with Gasteiger partial charge in [-0.05, 0) is 31.0 Å². The number of hydrogen-bond acceptors (Lipinski definition) is 3. The van der Waals surface area contributed by atoms with Crippen molar-refractivity contribution in [1.29, 1.82) is 0 Å². The molecule has 3 N–H and O–H groups in total. The quantitative estimate of drug-likeness (QED) is 0.830. The van der Waals surface area contributed by atoms with E-state index in [2.05, 4.69) is 15.2 Å². The van der Waals surface area contributed by atoms with Gasteiger partial charge in [0.25, 0.3) is 0 Å². The molecule has 0 amide bonds. The molecule has 1 saturated carbocycles. The third-order valence-electron chi connectivity index (χ3n) is 3.87. The summed E-state index contributed by atoms with van der Waals surface area (Å²) in [6, 6.07) is 3.20. The second kappa shape index (κ2) is 5.05. The van der Waals surface area contributed by atoms with Gasteiger partial charge in [0.05, 0.1) is 5.56 Å². The number of aromatic nitrogens is 3. The van der Waals surface area contributed by atoms with Gasteiger partial charge in [0, 0.05) is 17.2 Å². The van der Waals surface area contributed by atoms with Gasteiger partial charge in [0.1, 0.15) is 5.82 Å². The molecule has 1 aliphatic carbocycles. The first-order valence-corrected chi connectivity index (χ1v) is 6.84. The van der Waals surface area contributed by atoms with E-state index in [-0.39, 0.29) is 17.1 Å². The Balaban J connectivity index is 1.96. The Kier molecular flexibility index (Phi) is 3.35. The lowest BCUT2D eigenvalue weighted by molar-refractivity contribution is -0.137. The first-order chi connectivity index (χ1) is 9.95. The second-order valence-electron chi connectivity index (χ2n) is 5.33. The van der Waals surface area contributed by atoms with Crippen LogP contribution < -0.4 is 5.73 Å². The van der Waals surface area contributed by atoms with Gasteiger partial charge in [-0.15, -0.1) is 0 Å². The molecule has 1 aliphatic rings. The maximum atomic E-state index is 12.8. The summed E-state index contributed by atoms with van der Waals surface area (Å²) >= 11 is 0. The maximum absolute atomic E-state index is 12.8. The topological polar surface area (TPSA) is 67.6 Å². The summed E-state index contributed by atoms with van der Waals surface area (Å²) in [6.45, 7) is 0. The van der Waals surface area contributed by atoms with E-state index in [0.29, 0.717) is 5.92 Å². The van der Waals surface area contributed by atoms with Crippen LogP contribution in [0.2, 0.25) is 0 Å². The van der Waals surface area contributed by atoms with Crippen LogP contribution in [0.4, 0.5) is 18.9 Å². The van der Waals surface area contributed by atoms with E-state index in [1.165, 1.54) is 6.07 Å². The third-order valence-corrected chi connectivity index (χ3v) is 3.87. The molecule has 2 aromatic rings. The van der Waals surface area contributed by atoms with Crippen molar-refractivity contribution in [2.75, 3.05) is 5.73 Å². The van der Waals surface area contributed by atoms with Gasteiger partial charge in [-0.1, -0.05) is 12.8 Å². The maximum Gasteiger partial charge on any atom is 0.416 e. The molecule has 4 nitrogen and oxygen atoms in total. The molecule has 0 unspecified atom stereocenters. The molecule has 1 aromatic heterocycles. The molecule has 0 radical (unpaired) electrons. The first-order valence-electron chi connectivity index (χ1n) is 6.84. The minimum absolute atomic E-state index is 0.213. The number of anilines is 1. The molecular weight excluding hydrogens is 281 g/mol. The Morgan fingerprint density at radius 2 is 1.90 bits per heavy atom. The molecule has 0 aliphatic heterocycles. The Labute approximate surface area is 119 Å². The predicted molar refractivity (Wildman–Crippen MR) is 72.4 cm³/mol. The van der Waals surface area contributed by atoms with Gasteiger partial charge in [0.2, 0.25) is 0 Å². The van der Waals surface area contributed by atoms with Gasteiger partial charge in [-0.2, -0.15) is 18.3 Å². The first kappa shape index (κ1) is 13.9. The van der Waals surface area contributed by atoms with Crippen LogP contribution in [-0.2, 0) is 6.18 Å². The van der Waals surface area contributed by atoms with E-state index < -0.39 is 11.7 Å². The van der Waals surface area contributed by atoms with Crippen LogP contribution in [0.3, 0.4) is 0 Å². The Bertz CT molecular complexity index is 642. The van der Waals surface area contributed by atoms with E-state index in [9.17, 15) is 13.2 Å². The van der Waals surface area contributed by atoms with E-state index in [1.54, 1.807) is 0 Å². The highest BCUT2D eigenvalue weighted by atomic mass is 19.4. The Morgan fingerprint density at radius 3 is 2.57 bits per heavy atom. The van der Waals surface area contributed by atoms with Crippen molar-refractivity contribution in [3.05, 3.63) is 29.6 Å². The summed E-state index contributed by atoms with van der Waals surface area (Å²) in [4.78, 5) is 4.33. The fourth-order valence-electron chi connectivity index (χ4n) is 2.70. The average Bonchev–Trinajstić information content (AvgIpc) is 3.09. The van der Waals surface area contributed by atoms with E-state index in [0.717, 1.165) is 43.6 Å². The van der Waals surface area contributed by atoms with E-state index in [4.69, 9.17) is 5.73 Å². The average molecular weight is 296 g/mol. The van der Waals surface area contributed by atoms with Crippen LogP contribution in [-0.4, -0.2) is 15.2 Å². The van der Waals surface area contributed by atoms with Gasteiger partial charge >= 0.3 is 6.18 Å². The van der Waals surface area contributed by atoms with Gasteiger partial charge in [0.15, 0.2) is 5.82 Å². The number of rotatable bonds is 2. The van der Waals surface area contributed by atoms with Crippen LogP contribution in [0.5, 0.6) is 0 Å². The molecule has 21 heavy (non-hydrogen) atoms. The monoisotopic (exact) mass is 296 g/mol. The normalized spacial score (nSPS) is 16.5. The van der Waals surface area contributed by atoms with E-state index in [1.807, 2.05) is 0 Å². The summed E-state index contributed by atoms with van der Waals surface area (Å²) in [5, 5.41) is 6.87. The largest absolute Gasteiger partial charge is 0.416 e. The van der Waals surface area contributed by atoms with Crippen molar-refractivity contribution in [3.8, 4) is 11.4 Å². The highest BCUT2D eigenvalue weighted by molar-refractivity contribution is 5.72. The predicted octanol–water partition coefficient (Wildman–Crippen LogP) is 3.73.